The van der Waals surface area contributed by atoms with Crippen LogP contribution >= 0.6 is 0 Å². The average Bonchev–Trinajstić information content (AvgIpc) is 2.81. The van der Waals surface area contributed by atoms with Gasteiger partial charge < -0.3 is 5.32 Å². The van der Waals surface area contributed by atoms with E-state index in [1.54, 1.807) is 0 Å². The molecular weight excluding hydrogens is 234 g/mol. The van der Waals surface area contributed by atoms with E-state index in [1.165, 1.54) is 37.7 Å². The van der Waals surface area contributed by atoms with Crippen molar-refractivity contribution in [1.82, 2.24) is 15.1 Å². The van der Waals surface area contributed by atoms with Gasteiger partial charge in [-0.3, -0.25) is 4.68 Å². The second-order valence-corrected chi connectivity index (χ2v) is 6.31. The lowest BCUT2D eigenvalue weighted by Gasteiger charge is -2.33. The summed E-state index contributed by atoms with van der Waals surface area (Å²) in [5.74, 6) is 1.78. The van der Waals surface area contributed by atoms with Crippen LogP contribution in [0.15, 0.2) is 12.4 Å². The number of hydrogen-bond acceptors (Lipinski definition) is 2. The molecule has 1 aliphatic rings. The Kier molecular flexibility index (Phi) is 5.44. The van der Waals surface area contributed by atoms with Crippen LogP contribution < -0.4 is 5.32 Å². The summed E-state index contributed by atoms with van der Waals surface area (Å²) in [5.41, 5.74) is 1.37. The van der Waals surface area contributed by atoms with Crippen molar-refractivity contribution < 1.29 is 0 Å². The molecule has 1 saturated carbocycles. The Hall–Kier alpha value is -0.830. The van der Waals surface area contributed by atoms with E-state index < -0.39 is 0 Å². The maximum Gasteiger partial charge on any atom is 0.0522 e. The molecule has 0 aromatic carbocycles. The Morgan fingerprint density at radius 1 is 1.37 bits per heavy atom. The highest BCUT2D eigenvalue weighted by Crippen LogP contribution is 2.31. The van der Waals surface area contributed by atoms with Gasteiger partial charge in [-0.15, -0.1) is 0 Å². The summed E-state index contributed by atoms with van der Waals surface area (Å²) >= 11 is 0. The Morgan fingerprint density at radius 2 is 2.11 bits per heavy atom. The molecule has 0 amide bonds. The fraction of sp³-hybridized carbons (Fsp3) is 0.812. The van der Waals surface area contributed by atoms with E-state index in [0.717, 1.165) is 24.8 Å². The summed E-state index contributed by atoms with van der Waals surface area (Å²) in [6, 6.07) is 0.636. The molecule has 1 aromatic rings. The topological polar surface area (TPSA) is 29.9 Å². The monoisotopic (exact) mass is 263 g/mol. The SMILES string of the molecule is CCCNC(Cc1cnn(C)c1)C1CCC(C)CC1. The van der Waals surface area contributed by atoms with Crippen LogP contribution in [0.3, 0.4) is 0 Å². The molecule has 0 spiro atoms. The van der Waals surface area contributed by atoms with Crippen molar-refractivity contribution in [2.24, 2.45) is 18.9 Å². The van der Waals surface area contributed by atoms with Gasteiger partial charge in [0.15, 0.2) is 0 Å². The van der Waals surface area contributed by atoms with Crippen LogP contribution in [0, 0.1) is 11.8 Å². The summed E-state index contributed by atoms with van der Waals surface area (Å²) in [6.45, 7) is 5.78. The van der Waals surface area contributed by atoms with Gasteiger partial charge in [0, 0.05) is 19.3 Å². The Morgan fingerprint density at radius 3 is 2.68 bits per heavy atom. The van der Waals surface area contributed by atoms with Crippen LogP contribution in [-0.2, 0) is 13.5 Å². The second kappa shape index (κ2) is 7.09. The largest absolute Gasteiger partial charge is 0.313 e. The highest BCUT2D eigenvalue weighted by molar-refractivity contribution is 5.07. The molecular formula is C16H29N3. The van der Waals surface area contributed by atoms with Crippen molar-refractivity contribution >= 4 is 0 Å². The smallest absolute Gasteiger partial charge is 0.0522 e. The third-order valence-electron chi connectivity index (χ3n) is 4.50. The van der Waals surface area contributed by atoms with Crippen LogP contribution in [0.25, 0.3) is 0 Å². The van der Waals surface area contributed by atoms with Crippen LogP contribution in [-0.4, -0.2) is 22.4 Å². The molecule has 2 rings (SSSR count). The molecule has 1 heterocycles. The fourth-order valence-electron chi connectivity index (χ4n) is 3.25. The number of hydrogen-bond donors (Lipinski definition) is 1. The minimum absolute atomic E-state index is 0.636. The molecule has 3 heteroatoms. The van der Waals surface area contributed by atoms with E-state index in [-0.39, 0.29) is 0 Å². The Bertz CT molecular complexity index is 364. The molecule has 0 saturated heterocycles. The first-order chi connectivity index (χ1) is 9.19. The van der Waals surface area contributed by atoms with E-state index in [0.29, 0.717) is 6.04 Å². The lowest BCUT2D eigenvalue weighted by Crippen LogP contribution is -2.40. The number of rotatable bonds is 6. The zero-order valence-electron chi connectivity index (χ0n) is 12.7. The van der Waals surface area contributed by atoms with Gasteiger partial charge in [-0.05, 0) is 49.6 Å². The van der Waals surface area contributed by atoms with E-state index in [2.05, 4.69) is 30.5 Å². The van der Waals surface area contributed by atoms with Crippen molar-refractivity contribution in [1.29, 1.82) is 0 Å². The van der Waals surface area contributed by atoms with Crippen LogP contribution in [0.4, 0.5) is 0 Å². The second-order valence-electron chi connectivity index (χ2n) is 6.31. The zero-order valence-corrected chi connectivity index (χ0v) is 12.7. The third-order valence-corrected chi connectivity index (χ3v) is 4.50. The third kappa shape index (κ3) is 4.34. The summed E-state index contributed by atoms with van der Waals surface area (Å²) in [5, 5.41) is 8.07. The Labute approximate surface area is 117 Å². The first-order valence-electron chi connectivity index (χ1n) is 7.90. The maximum atomic E-state index is 4.30. The molecule has 1 N–H and O–H groups in total. The summed E-state index contributed by atoms with van der Waals surface area (Å²) in [4.78, 5) is 0. The van der Waals surface area contributed by atoms with E-state index in [9.17, 15) is 0 Å². The molecule has 1 aromatic heterocycles. The number of aromatic nitrogens is 2. The molecule has 108 valence electrons. The highest BCUT2D eigenvalue weighted by atomic mass is 15.2. The quantitative estimate of drug-likeness (QED) is 0.854. The molecule has 3 nitrogen and oxygen atoms in total. The van der Waals surface area contributed by atoms with Crippen LogP contribution in [0.2, 0.25) is 0 Å². The Balaban J connectivity index is 1.94. The molecule has 19 heavy (non-hydrogen) atoms. The van der Waals surface area contributed by atoms with Crippen molar-refractivity contribution in [3.05, 3.63) is 18.0 Å². The van der Waals surface area contributed by atoms with Gasteiger partial charge in [-0.25, -0.2) is 0 Å². The van der Waals surface area contributed by atoms with Gasteiger partial charge in [0.05, 0.1) is 6.20 Å². The van der Waals surface area contributed by atoms with Gasteiger partial charge in [0.2, 0.25) is 0 Å². The standard InChI is InChI=1S/C16H29N3/c1-4-9-17-16(10-14-11-18-19(3)12-14)15-7-5-13(2)6-8-15/h11-13,15-17H,4-10H2,1-3H3. The van der Waals surface area contributed by atoms with Crippen LogP contribution in [0.5, 0.6) is 0 Å². The zero-order chi connectivity index (χ0) is 13.7. The number of aryl methyl sites for hydroxylation is 1. The van der Waals surface area contributed by atoms with Gasteiger partial charge in [-0.2, -0.15) is 5.10 Å². The molecule has 1 atom stereocenters. The fourth-order valence-corrected chi connectivity index (χ4v) is 3.25. The minimum Gasteiger partial charge on any atom is -0.313 e. The number of nitrogens with zero attached hydrogens (tertiary/aromatic N) is 2. The molecule has 0 radical (unpaired) electrons. The van der Waals surface area contributed by atoms with Crippen molar-refractivity contribution in [2.45, 2.75) is 58.4 Å². The molecule has 1 aliphatic carbocycles. The summed E-state index contributed by atoms with van der Waals surface area (Å²) < 4.78 is 1.91. The van der Waals surface area contributed by atoms with E-state index in [4.69, 9.17) is 0 Å². The molecule has 1 fully saturated rings. The molecule has 0 bridgehead atoms. The van der Waals surface area contributed by atoms with Crippen molar-refractivity contribution in [3.8, 4) is 0 Å². The van der Waals surface area contributed by atoms with Gasteiger partial charge in [0.25, 0.3) is 0 Å². The van der Waals surface area contributed by atoms with Crippen molar-refractivity contribution in [3.63, 3.8) is 0 Å². The van der Waals surface area contributed by atoms with Crippen LogP contribution in [0.1, 0.15) is 51.5 Å². The van der Waals surface area contributed by atoms with E-state index in [1.807, 2.05) is 17.9 Å². The van der Waals surface area contributed by atoms with Gasteiger partial charge in [0.1, 0.15) is 0 Å². The molecule has 1 unspecified atom stereocenters. The van der Waals surface area contributed by atoms with Gasteiger partial charge >= 0.3 is 0 Å². The van der Waals surface area contributed by atoms with Crippen molar-refractivity contribution in [2.75, 3.05) is 6.54 Å². The summed E-state index contributed by atoms with van der Waals surface area (Å²) in [7, 11) is 2.00. The lowest BCUT2D eigenvalue weighted by atomic mass is 9.78. The first-order valence-corrected chi connectivity index (χ1v) is 7.90. The normalized spacial score (nSPS) is 25.4. The number of nitrogens with one attached hydrogen (secondary N) is 1. The maximum absolute atomic E-state index is 4.30. The minimum atomic E-state index is 0.636. The van der Waals surface area contributed by atoms with E-state index >= 15 is 0 Å². The predicted octanol–water partition coefficient (Wildman–Crippen LogP) is 3.16. The lowest BCUT2D eigenvalue weighted by molar-refractivity contribution is 0.229. The highest BCUT2D eigenvalue weighted by Gasteiger charge is 2.26. The van der Waals surface area contributed by atoms with Gasteiger partial charge in [-0.1, -0.05) is 26.7 Å². The first kappa shape index (κ1) is 14.6. The average molecular weight is 263 g/mol. The predicted molar refractivity (Wildman–Crippen MR) is 80.1 cm³/mol. The molecule has 0 aliphatic heterocycles. The summed E-state index contributed by atoms with van der Waals surface area (Å²) in [6.07, 6.45) is 12.1.